The van der Waals surface area contributed by atoms with E-state index in [1.54, 1.807) is 0 Å². The van der Waals surface area contributed by atoms with Gasteiger partial charge in [-0.3, -0.25) is 9.36 Å². The Morgan fingerprint density at radius 2 is 1.27 bits per heavy atom. The van der Waals surface area contributed by atoms with E-state index in [0.717, 1.165) is 69.8 Å². The van der Waals surface area contributed by atoms with Crippen LogP contribution < -0.4 is 0 Å². The highest BCUT2D eigenvalue weighted by atomic mass is 16.5. The fraction of sp³-hybridized carbons (Fsp3) is 0.733. The van der Waals surface area contributed by atoms with Crippen LogP contribution in [0.5, 0.6) is 0 Å². The predicted octanol–water partition coefficient (Wildman–Crippen LogP) is 2.15. The van der Waals surface area contributed by atoms with Crippen LogP contribution in [0.25, 0.3) is 0 Å². The summed E-state index contributed by atoms with van der Waals surface area (Å²) in [4.78, 5) is 0. The van der Waals surface area contributed by atoms with Crippen LogP contribution in [0.3, 0.4) is 0 Å². The second-order valence-electron chi connectivity index (χ2n) is 5.63. The van der Waals surface area contributed by atoms with E-state index in [1.165, 1.54) is 0 Å². The number of unbranched alkanes of at least 4 members (excludes halogenated alkanes) is 3. The van der Waals surface area contributed by atoms with Gasteiger partial charge in [0.2, 0.25) is 0 Å². The van der Waals surface area contributed by atoms with Gasteiger partial charge in [0.15, 0.2) is 0 Å². The van der Waals surface area contributed by atoms with Gasteiger partial charge in [0.25, 0.3) is 0 Å². The minimum Gasteiger partial charge on any atom is -0.381 e. The molecule has 0 radical (unpaired) electrons. The van der Waals surface area contributed by atoms with E-state index in [-0.39, 0.29) is 0 Å². The molecule has 0 aliphatic heterocycles. The minimum absolute atomic E-state index is 0.829. The van der Waals surface area contributed by atoms with Gasteiger partial charge in [0, 0.05) is 38.7 Å². The highest BCUT2D eigenvalue weighted by Gasteiger charge is 1.97. The van der Waals surface area contributed by atoms with Gasteiger partial charge in [0.05, 0.1) is 11.4 Å². The van der Waals surface area contributed by atoms with Crippen molar-refractivity contribution in [1.82, 2.24) is 30.0 Å². The minimum atomic E-state index is 0.829. The quantitative estimate of drug-likeness (QED) is 0.595. The molecule has 0 bridgehead atoms. The molecule has 0 N–H and O–H groups in total. The van der Waals surface area contributed by atoms with Crippen LogP contribution in [0.2, 0.25) is 0 Å². The third-order valence-electron chi connectivity index (χ3n) is 3.41. The summed E-state index contributed by atoms with van der Waals surface area (Å²) in [6.45, 7) is 7.45. The number of nitrogens with zero attached hydrogens (tertiary/aromatic N) is 6. The zero-order chi connectivity index (χ0) is 15.6. The Balaban J connectivity index is 1.37. The molecule has 0 aliphatic rings. The Morgan fingerprint density at radius 1 is 0.773 bits per heavy atom. The first-order valence-electron chi connectivity index (χ1n) is 8.05. The Labute approximate surface area is 131 Å². The van der Waals surface area contributed by atoms with Crippen LogP contribution in [0.15, 0.2) is 12.4 Å². The van der Waals surface area contributed by atoms with E-state index in [2.05, 4.69) is 20.6 Å². The van der Waals surface area contributed by atoms with Crippen LogP contribution >= 0.6 is 0 Å². The van der Waals surface area contributed by atoms with Gasteiger partial charge in [-0.25, -0.2) is 0 Å². The van der Waals surface area contributed by atoms with Gasteiger partial charge in [0.1, 0.15) is 0 Å². The summed E-state index contributed by atoms with van der Waals surface area (Å²) >= 11 is 0. The first-order valence-corrected chi connectivity index (χ1v) is 8.05. The van der Waals surface area contributed by atoms with Crippen LogP contribution in [0.4, 0.5) is 0 Å². The van der Waals surface area contributed by atoms with Crippen LogP contribution in [-0.2, 0) is 17.8 Å². The molecule has 2 aromatic heterocycles. The maximum atomic E-state index is 5.65. The second-order valence-corrected chi connectivity index (χ2v) is 5.63. The summed E-state index contributed by atoms with van der Waals surface area (Å²) in [6.07, 6.45) is 9.49. The molecule has 0 saturated heterocycles. The van der Waals surface area contributed by atoms with E-state index in [0.29, 0.717) is 0 Å². The van der Waals surface area contributed by atoms with Crippen LogP contribution in [0, 0.1) is 13.8 Å². The molecule has 2 rings (SSSR count). The molecule has 0 aromatic carbocycles. The van der Waals surface area contributed by atoms with Crippen LogP contribution in [-0.4, -0.2) is 43.2 Å². The molecule has 0 atom stereocenters. The predicted molar refractivity (Wildman–Crippen MR) is 83.4 cm³/mol. The normalized spacial score (nSPS) is 11.2. The lowest BCUT2D eigenvalue weighted by atomic mass is 10.2. The second kappa shape index (κ2) is 9.30. The largest absolute Gasteiger partial charge is 0.381 e. The van der Waals surface area contributed by atoms with Crippen molar-refractivity contribution in [3.8, 4) is 0 Å². The Bertz CT molecular complexity index is 487. The zero-order valence-corrected chi connectivity index (χ0v) is 13.6. The Kier molecular flexibility index (Phi) is 7.02. The topological polar surface area (TPSA) is 70.7 Å². The average Bonchev–Trinajstić information content (AvgIpc) is 3.09. The fourth-order valence-corrected chi connectivity index (χ4v) is 2.24. The molecular weight excluding hydrogens is 280 g/mol. The molecule has 2 aromatic rings. The van der Waals surface area contributed by atoms with Crippen molar-refractivity contribution < 1.29 is 4.74 Å². The summed E-state index contributed by atoms with van der Waals surface area (Å²) in [7, 11) is 0. The van der Waals surface area contributed by atoms with Gasteiger partial charge < -0.3 is 4.74 Å². The van der Waals surface area contributed by atoms with E-state index in [4.69, 9.17) is 4.74 Å². The molecule has 0 spiro atoms. The Hall–Kier alpha value is -1.76. The lowest BCUT2D eigenvalue weighted by Gasteiger charge is -2.04. The molecule has 7 heteroatoms. The number of ether oxygens (including phenoxy) is 1. The number of hydrogen-bond donors (Lipinski definition) is 0. The molecule has 7 nitrogen and oxygen atoms in total. The number of hydrogen-bond acceptors (Lipinski definition) is 5. The molecule has 0 fully saturated rings. The third-order valence-corrected chi connectivity index (χ3v) is 3.41. The lowest BCUT2D eigenvalue weighted by molar-refractivity contribution is 0.125. The van der Waals surface area contributed by atoms with E-state index >= 15 is 0 Å². The summed E-state index contributed by atoms with van der Waals surface area (Å²) < 4.78 is 9.45. The van der Waals surface area contributed by atoms with E-state index in [9.17, 15) is 0 Å². The number of aryl methyl sites for hydroxylation is 4. The number of rotatable bonds is 11. The molecule has 0 aliphatic carbocycles. The highest BCUT2D eigenvalue weighted by Crippen LogP contribution is 2.01. The van der Waals surface area contributed by atoms with E-state index in [1.807, 2.05) is 35.6 Å². The monoisotopic (exact) mass is 306 g/mol. The first kappa shape index (κ1) is 16.6. The summed E-state index contributed by atoms with van der Waals surface area (Å²) in [6, 6.07) is 0. The molecule has 2 heterocycles. The summed E-state index contributed by atoms with van der Waals surface area (Å²) in [5, 5.41) is 16.0. The van der Waals surface area contributed by atoms with Crippen molar-refractivity contribution in [2.24, 2.45) is 0 Å². The standard InChI is InChI=1S/C15H26N6O/c1-14-12-20(18-16-14)8-4-3-6-10-22-11-7-5-9-21-13-15(2)17-19-21/h12-13H,3-11H2,1-2H3. The van der Waals surface area contributed by atoms with E-state index < -0.39 is 0 Å². The summed E-state index contributed by atoms with van der Waals surface area (Å²) in [5.41, 5.74) is 1.95. The SMILES string of the molecule is Cc1cn(CCCCCOCCCCn2cc(C)nn2)nn1. The van der Waals surface area contributed by atoms with Gasteiger partial charge >= 0.3 is 0 Å². The molecule has 22 heavy (non-hydrogen) atoms. The van der Waals surface area contributed by atoms with Gasteiger partial charge in [-0.15, -0.1) is 10.2 Å². The van der Waals surface area contributed by atoms with Crippen molar-refractivity contribution >= 4 is 0 Å². The molecule has 0 saturated carbocycles. The smallest absolute Gasteiger partial charge is 0.0796 e. The Morgan fingerprint density at radius 3 is 1.77 bits per heavy atom. The van der Waals surface area contributed by atoms with Crippen molar-refractivity contribution in [3.63, 3.8) is 0 Å². The molecule has 0 unspecified atom stereocenters. The lowest BCUT2D eigenvalue weighted by Crippen LogP contribution is -2.03. The molecular formula is C15H26N6O. The first-order chi connectivity index (χ1) is 10.7. The maximum Gasteiger partial charge on any atom is 0.0796 e. The highest BCUT2D eigenvalue weighted by molar-refractivity contribution is 4.86. The van der Waals surface area contributed by atoms with Crippen molar-refractivity contribution in [2.75, 3.05) is 13.2 Å². The zero-order valence-electron chi connectivity index (χ0n) is 13.6. The summed E-state index contributed by atoms with van der Waals surface area (Å²) in [5.74, 6) is 0. The van der Waals surface area contributed by atoms with Crippen molar-refractivity contribution in [2.45, 2.75) is 59.0 Å². The molecule has 0 amide bonds. The third kappa shape index (κ3) is 6.34. The van der Waals surface area contributed by atoms with Gasteiger partial charge in [-0.05, 0) is 46.0 Å². The average molecular weight is 306 g/mol. The molecule has 122 valence electrons. The maximum absolute atomic E-state index is 5.65. The number of aromatic nitrogens is 6. The van der Waals surface area contributed by atoms with Crippen LogP contribution in [0.1, 0.15) is 43.5 Å². The van der Waals surface area contributed by atoms with Gasteiger partial charge in [-0.1, -0.05) is 10.4 Å². The van der Waals surface area contributed by atoms with Crippen molar-refractivity contribution in [1.29, 1.82) is 0 Å². The fourth-order valence-electron chi connectivity index (χ4n) is 2.24. The van der Waals surface area contributed by atoms with Gasteiger partial charge in [-0.2, -0.15) is 0 Å². The van der Waals surface area contributed by atoms with Crippen molar-refractivity contribution in [3.05, 3.63) is 23.8 Å².